The third-order valence-electron chi connectivity index (χ3n) is 3.37. The van der Waals surface area contributed by atoms with E-state index < -0.39 is 11.7 Å². The van der Waals surface area contributed by atoms with Gasteiger partial charge in [0.25, 0.3) is 0 Å². The molecule has 0 fully saturated rings. The maximum absolute atomic E-state index is 12.7. The maximum atomic E-state index is 12.7. The lowest BCUT2D eigenvalue weighted by molar-refractivity contribution is 0.0524. The highest BCUT2D eigenvalue weighted by Crippen LogP contribution is 2.22. The molecular weight excluding hydrogens is 330 g/mol. The molecule has 0 saturated carbocycles. The Labute approximate surface area is 141 Å². The van der Waals surface area contributed by atoms with Crippen LogP contribution in [0.3, 0.4) is 0 Å². The quantitative estimate of drug-likeness (QED) is 0.522. The minimum absolute atomic E-state index is 0.0890. The zero-order valence-electron chi connectivity index (χ0n) is 13.4. The van der Waals surface area contributed by atoms with Crippen LogP contribution < -0.4 is 5.69 Å². The number of hydrogen-bond donors (Lipinski definition) is 0. The van der Waals surface area contributed by atoms with Gasteiger partial charge in [-0.15, -0.1) is 16.9 Å². The molecule has 0 radical (unpaired) electrons. The second kappa shape index (κ2) is 6.44. The van der Waals surface area contributed by atoms with Crippen LogP contribution in [0.25, 0.3) is 11.3 Å². The highest BCUT2D eigenvalue weighted by atomic mass is 32.2. The number of carbonyl (C=O) groups excluding carboxylic acids is 1. The Morgan fingerprint density at radius 2 is 2.00 bits per heavy atom. The van der Waals surface area contributed by atoms with Crippen molar-refractivity contribution in [2.45, 2.75) is 18.9 Å². The van der Waals surface area contributed by atoms with Gasteiger partial charge in [-0.1, -0.05) is 22.9 Å². The lowest BCUT2D eigenvalue weighted by Gasteiger charge is -2.04. The first kappa shape index (κ1) is 16.2. The van der Waals surface area contributed by atoms with E-state index in [9.17, 15) is 9.59 Å². The van der Waals surface area contributed by atoms with Crippen LogP contribution in [0.2, 0.25) is 0 Å². The number of esters is 1. The van der Waals surface area contributed by atoms with E-state index in [0.717, 1.165) is 14.8 Å². The van der Waals surface area contributed by atoms with Crippen LogP contribution >= 0.6 is 11.8 Å². The van der Waals surface area contributed by atoms with E-state index in [1.807, 2.05) is 19.1 Å². The molecule has 0 saturated heterocycles. The summed E-state index contributed by atoms with van der Waals surface area (Å²) < 4.78 is 7.23. The predicted octanol–water partition coefficient (Wildman–Crippen LogP) is 1.48. The van der Waals surface area contributed by atoms with Gasteiger partial charge >= 0.3 is 11.7 Å². The minimum atomic E-state index is -0.571. The Bertz CT molecular complexity index is 962. The van der Waals surface area contributed by atoms with E-state index in [2.05, 4.69) is 15.4 Å². The number of aromatic nitrogens is 5. The zero-order chi connectivity index (χ0) is 17.3. The molecular formula is C15H15N5O3S. The van der Waals surface area contributed by atoms with E-state index in [0.29, 0.717) is 10.7 Å². The van der Waals surface area contributed by atoms with Crippen LogP contribution in [0.5, 0.6) is 0 Å². The Balaban J connectivity index is 2.22. The minimum Gasteiger partial charge on any atom is -0.462 e. The summed E-state index contributed by atoms with van der Waals surface area (Å²) in [6, 6.07) is 7.27. The summed E-state index contributed by atoms with van der Waals surface area (Å²) >= 11 is 1.24. The molecule has 24 heavy (non-hydrogen) atoms. The third kappa shape index (κ3) is 2.67. The largest absolute Gasteiger partial charge is 0.462 e. The van der Waals surface area contributed by atoms with Gasteiger partial charge in [-0.25, -0.2) is 9.59 Å². The van der Waals surface area contributed by atoms with Gasteiger partial charge in [-0.05, 0) is 32.2 Å². The van der Waals surface area contributed by atoms with Gasteiger partial charge < -0.3 is 4.74 Å². The van der Waals surface area contributed by atoms with Crippen LogP contribution in [0.4, 0.5) is 0 Å². The molecule has 0 bridgehead atoms. The van der Waals surface area contributed by atoms with Crippen molar-refractivity contribution in [3.63, 3.8) is 0 Å². The first-order chi connectivity index (χ1) is 11.6. The molecule has 0 amide bonds. The molecule has 2 aromatic heterocycles. The number of ether oxygens (including phenoxy) is 1. The van der Waals surface area contributed by atoms with Crippen molar-refractivity contribution >= 4 is 23.4 Å². The fourth-order valence-electron chi connectivity index (χ4n) is 2.20. The van der Waals surface area contributed by atoms with Crippen LogP contribution in [0, 0.1) is 6.92 Å². The number of aryl methyl sites for hydroxylation is 1. The fourth-order valence-corrected chi connectivity index (χ4v) is 2.75. The molecule has 8 nitrogen and oxygen atoms in total. The first-order valence-corrected chi connectivity index (χ1v) is 8.46. The Kier molecular flexibility index (Phi) is 4.34. The Morgan fingerprint density at radius 3 is 2.62 bits per heavy atom. The van der Waals surface area contributed by atoms with Gasteiger partial charge in [0.05, 0.1) is 12.3 Å². The first-order valence-electron chi connectivity index (χ1n) is 7.23. The molecule has 2 heterocycles. The van der Waals surface area contributed by atoms with E-state index in [1.54, 1.807) is 25.3 Å². The SMILES string of the molecule is CCOC(=O)c1c(SC)nn2c(=O)n(-c3ccc(C)cc3)nnc12. The molecule has 3 rings (SSSR count). The van der Waals surface area contributed by atoms with E-state index >= 15 is 0 Å². The summed E-state index contributed by atoms with van der Waals surface area (Å²) in [5, 5.41) is 12.5. The summed E-state index contributed by atoms with van der Waals surface area (Å²) in [7, 11) is 0. The summed E-state index contributed by atoms with van der Waals surface area (Å²) in [5.74, 6) is -0.571. The van der Waals surface area contributed by atoms with E-state index in [4.69, 9.17) is 4.74 Å². The molecule has 3 aromatic rings. The van der Waals surface area contributed by atoms with Gasteiger partial charge in [-0.2, -0.15) is 14.3 Å². The van der Waals surface area contributed by atoms with Gasteiger partial charge in [0.1, 0.15) is 10.6 Å². The normalized spacial score (nSPS) is 11.0. The van der Waals surface area contributed by atoms with Gasteiger partial charge in [0.15, 0.2) is 5.65 Å². The molecule has 0 aliphatic heterocycles. The van der Waals surface area contributed by atoms with Crippen molar-refractivity contribution < 1.29 is 9.53 Å². The molecule has 0 aliphatic carbocycles. The highest BCUT2D eigenvalue weighted by molar-refractivity contribution is 7.98. The Hall–Kier alpha value is -2.68. The lowest BCUT2D eigenvalue weighted by Crippen LogP contribution is -2.29. The van der Waals surface area contributed by atoms with Crippen molar-refractivity contribution in [1.29, 1.82) is 0 Å². The number of fused-ring (bicyclic) bond motifs is 1. The van der Waals surface area contributed by atoms with Crippen molar-refractivity contribution in [3.8, 4) is 5.69 Å². The second-order valence-corrected chi connectivity index (χ2v) is 5.75. The number of rotatable bonds is 4. The Morgan fingerprint density at radius 1 is 1.29 bits per heavy atom. The number of hydrogen-bond acceptors (Lipinski definition) is 7. The fraction of sp³-hybridized carbons (Fsp3) is 0.267. The average molecular weight is 345 g/mol. The molecule has 0 atom stereocenters. The maximum Gasteiger partial charge on any atom is 0.373 e. The van der Waals surface area contributed by atoms with E-state index in [-0.39, 0.29) is 17.8 Å². The molecule has 0 spiro atoms. The molecule has 124 valence electrons. The molecule has 9 heteroatoms. The monoisotopic (exact) mass is 345 g/mol. The van der Waals surface area contributed by atoms with Crippen molar-refractivity contribution in [2.75, 3.05) is 12.9 Å². The van der Waals surface area contributed by atoms with Crippen molar-refractivity contribution in [3.05, 3.63) is 45.9 Å². The van der Waals surface area contributed by atoms with Gasteiger partial charge in [0.2, 0.25) is 0 Å². The van der Waals surface area contributed by atoms with Crippen molar-refractivity contribution in [2.24, 2.45) is 0 Å². The van der Waals surface area contributed by atoms with E-state index in [1.165, 1.54) is 11.8 Å². The molecule has 0 N–H and O–H groups in total. The summed E-state index contributed by atoms with van der Waals surface area (Å²) in [6.45, 7) is 3.88. The third-order valence-corrected chi connectivity index (χ3v) is 4.04. The summed E-state index contributed by atoms with van der Waals surface area (Å²) in [6.07, 6.45) is 1.76. The number of carbonyl (C=O) groups is 1. The van der Waals surface area contributed by atoms with Crippen LogP contribution in [0.15, 0.2) is 34.1 Å². The molecule has 0 aliphatic rings. The summed E-state index contributed by atoms with van der Waals surface area (Å²) in [5.41, 5.74) is 1.37. The van der Waals surface area contributed by atoms with Crippen LogP contribution in [-0.2, 0) is 4.74 Å². The predicted molar refractivity (Wildman–Crippen MR) is 88.9 cm³/mol. The van der Waals surface area contributed by atoms with Crippen molar-refractivity contribution in [1.82, 2.24) is 24.6 Å². The van der Waals surface area contributed by atoms with Gasteiger partial charge in [0, 0.05) is 0 Å². The number of nitrogens with zero attached hydrogens (tertiary/aromatic N) is 5. The standard InChI is InChI=1S/C15H15N5O3S/c1-4-23-14(21)11-12-16-18-19(10-7-5-9(2)6-8-10)15(22)20(12)17-13(11)24-3/h5-8H,4H2,1-3H3. The molecule has 1 aromatic carbocycles. The zero-order valence-corrected chi connectivity index (χ0v) is 14.2. The highest BCUT2D eigenvalue weighted by Gasteiger charge is 2.24. The topological polar surface area (TPSA) is 91.4 Å². The van der Waals surface area contributed by atoms with Gasteiger partial charge in [-0.3, -0.25) is 0 Å². The average Bonchev–Trinajstić information content (AvgIpc) is 2.96. The summed E-state index contributed by atoms with van der Waals surface area (Å²) in [4.78, 5) is 24.8. The smallest absolute Gasteiger partial charge is 0.373 e. The molecule has 0 unspecified atom stereocenters. The number of benzene rings is 1. The lowest BCUT2D eigenvalue weighted by atomic mass is 10.2. The second-order valence-electron chi connectivity index (χ2n) is 4.96. The van der Waals surface area contributed by atoms with Crippen LogP contribution in [-0.4, -0.2) is 43.4 Å². The van der Waals surface area contributed by atoms with Crippen LogP contribution in [0.1, 0.15) is 22.8 Å². The number of thioether (sulfide) groups is 1.